The molecule has 1 fully saturated rings. The van der Waals surface area contributed by atoms with Crippen molar-refractivity contribution in [2.45, 2.75) is 12.8 Å². The molecule has 9 heteroatoms. The number of hydrogen-bond donors (Lipinski definition) is 2. The highest BCUT2D eigenvalue weighted by Gasteiger charge is 2.28. The zero-order valence-electron chi connectivity index (χ0n) is 14.3. The van der Waals surface area contributed by atoms with E-state index in [-0.39, 0.29) is 18.1 Å². The average molecular weight is 367 g/mol. The van der Waals surface area contributed by atoms with Crippen LogP contribution in [-0.4, -0.2) is 53.2 Å². The van der Waals surface area contributed by atoms with Gasteiger partial charge in [-0.2, -0.15) is 9.97 Å². The van der Waals surface area contributed by atoms with E-state index < -0.39 is 7.60 Å². The van der Waals surface area contributed by atoms with Gasteiger partial charge in [0.05, 0.1) is 31.3 Å². The zero-order chi connectivity index (χ0) is 18.0. The molecule has 1 aliphatic rings. The molecule has 0 aliphatic carbocycles. The molecule has 0 amide bonds. The molecule has 1 saturated heterocycles. The van der Waals surface area contributed by atoms with Crippen molar-refractivity contribution >= 4 is 24.3 Å². The summed E-state index contributed by atoms with van der Waals surface area (Å²) in [5.74, 6) is 1.44. The fraction of sp³-hybridized carbons (Fsp3) is 0.500. The van der Waals surface area contributed by atoms with Gasteiger partial charge in [0.15, 0.2) is 0 Å². The first-order chi connectivity index (χ1) is 11.9. The van der Waals surface area contributed by atoms with Gasteiger partial charge in [-0.1, -0.05) is 6.07 Å². The number of hydrogen-bond acceptors (Lipinski definition) is 6. The van der Waals surface area contributed by atoms with Crippen LogP contribution in [0.3, 0.4) is 0 Å². The van der Waals surface area contributed by atoms with Crippen LogP contribution in [0.5, 0.6) is 11.8 Å². The SMILES string of the molecule is COc1nc(N2CCC(CP(=O)(O)O)CC2)c2c(OC)cccc2n1. The summed E-state index contributed by atoms with van der Waals surface area (Å²) in [6, 6.07) is 5.89. The second kappa shape index (κ2) is 7.15. The van der Waals surface area contributed by atoms with Crippen molar-refractivity contribution in [3.05, 3.63) is 18.2 Å². The lowest BCUT2D eigenvalue weighted by Crippen LogP contribution is -2.35. The minimum absolute atomic E-state index is 0.0222. The van der Waals surface area contributed by atoms with Gasteiger partial charge < -0.3 is 24.2 Å². The third-order valence-corrected chi connectivity index (χ3v) is 5.45. The molecule has 2 N–H and O–H groups in total. The van der Waals surface area contributed by atoms with E-state index in [4.69, 9.17) is 9.47 Å². The predicted octanol–water partition coefficient (Wildman–Crippen LogP) is 2.04. The molecule has 8 nitrogen and oxygen atoms in total. The molecule has 0 bridgehead atoms. The monoisotopic (exact) mass is 367 g/mol. The van der Waals surface area contributed by atoms with Crippen molar-refractivity contribution in [2.24, 2.45) is 5.92 Å². The molecule has 1 aliphatic heterocycles. The van der Waals surface area contributed by atoms with Gasteiger partial charge >= 0.3 is 13.6 Å². The first-order valence-corrected chi connectivity index (χ1v) is 9.89. The normalized spacial score (nSPS) is 16.2. The van der Waals surface area contributed by atoms with E-state index in [2.05, 4.69) is 14.9 Å². The highest BCUT2D eigenvalue weighted by molar-refractivity contribution is 7.51. The summed E-state index contributed by atoms with van der Waals surface area (Å²) in [4.78, 5) is 29.3. The van der Waals surface area contributed by atoms with Crippen LogP contribution in [0.1, 0.15) is 12.8 Å². The van der Waals surface area contributed by atoms with Gasteiger partial charge in [0.1, 0.15) is 11.6 Å². The molecule has 3 rings (SSSR count). The van der Waals surface area contributed by atoms with Gasteiger partial charge in [-0.25, -0.2) is 0 Å². The molecule has 2 aromatic rings. The molecule has 0 radical (unpaired) electrons. The number of nitrogens with zero attached hydrogens (tertiary/aromatic N) is 3. The van der Waals surface area contributed by atoms with Crippen LogP contribution in [0.2, 0.25) is 0 Å². The average Bonchev–Trinajstić information content (AvgIpc) is 2.59. The molecule has 1 aromatic heterocycles. The molecule has 0 unspecified atom stereocenters. The van der Waals surface area contributed by atoms with Crippen molar-refractivity contribution in [3.8, 4) is 11.8 Å². The van der Waals surface area contributed by atoms with Crippen molar-refractivity contribution in [1.82, 2.24) is 9.97 Å². The van der Waals surface area contributed by atoms with E-state index in [1.54, 1.807) is 7.11 Å². The second-order valence-corrected chi connectivity index (χ2v) is 7.86. The minimum atomic E-state index is -3.97. The highest BCUT2D eigenvalue weighted by atomic mass is 31.2. The van der Waals surface area contributed by atoms with Gasteiger partial charge in [-0.3, -0.25) is 4.57 Å². The lowest BCUT2D eigenvalue weighted by Gasteiger charge is -2.33. The van der Waals surface area contributed by atoms with Crippen LogP contribution in [0.4, 0.5) is 5.82 Å². The molecule has 2 heterocycles. The molecule has 0 atom stereocenters. The summed E-state index contributed by atoms with van der Waals surface area (Å²) in [7, 11) is -0.843. The van der Waals surface area contributed by atoms with Gasteiger partial charge in [-0.05, 0) is 30.9 Å². The van der Waals surface area contributed by atoms with Gasteiger partial charge in [0.25, 0.3) is 0 Å². The van der Waals surface area contributed by atoms with Crippen molar-refractivity contribution < 1.29 is 23.8 Å². The highest BCUT2D eigenvalue weighted by Crippen LogP contribution is 2.41. The van der Waals surface area contributed by atoms with Crippen molar-refractivity contribution in [1.29, 1.82) is 0 Å². The maximum atomic E-state index is 11.2. The van der Waals surface area contributed by atoms with E-state index in [1.165, 1.54) is 7.11 Å². The number of fused-ring (bicyclic) bond motifs is 1. The fourth-order valence-electron chi connectivity index (χ4n) is 3.27. The lowest BCUT2D eigenvalue weighted by molar-refractivity contribution is 0.346. The third kappa shape index (κ3) is 4.03. The molecule has 136 valence electrons. The summed E-state index contributed by atoms with van der Waals surface area (Å²) in [6.07, 6.45) is 1.35. The van der Waals surface area contributed by atoms with E-state index >= 15 is 0 Å². The standard InChI is InChI=1S/C16H22N3O5P/c1-23-13-5-3-4-12-14(13)15(18-16(17-12)24-2)19-8-6-11(7-9-19)10-25(20,21)22/h3-5,11H,6-10H2,1-2H3,(H2,20,21,22). The van der Waals surface area contributed by atoms with Crippen LogP contribution in [0.15, 0.2) is 18.2 Å². The number of ether oxygens (including phenoxy) is 2. The van der Waals surface area contributed by atoms with Crippen LogP contribution in [0, 0.1) is 5.92 Å². The molecular weight excluding hydrogens is 345 g/mol. The third-order valence-electron chi connectivity index (χ3n) is 4.46. The predicted molar refractivity (Wildman–Crippen MR) is 94.5 cm³/mol. The summed E-state index contributed by atoms with van der Waals surface area (Å²) >= 11 is 0. The van der Waals surface area contributed by atoms with Gasteiger partial charge in [-0.15, -0.1) is 0 Å². The quantitative estimate of drug-likeness (QED) is 0.774. The Kier molecular flexibility index (Phi) is 5.13. The molecule has 25 heavy (non-hydrogen) atoms. The van der Waals surface area contributed by atoms with E-state index in [0.717, 1.165) is 16.7 Å². The zero-order valence-corrected chi connectivity index (χ0v) is 15.1. The molecule has 0 saturated carbocycles. The first kappa shape index (κ1) is 17.9. The Morgan fingerprint density at radius 2 is 1.92 bits per heavy atom. The number of methoxy groups -OCH3 is 2. The Labute approximate surface area is 146 Å². The maximum absolute atomic E-state index is 11.2. The topological polar surface area (TPSA) is 105 Å². The minimum Gasteiger partial charge on any atom is -0.496 e. The van der Waals surface area contributed by atoms with Crippen LogP contribution >= 0.6 is 7.60 Å². The summed E-state index contributed by atoms with van der Waals surface area (Å²) in [5.41, 5.74) is 0.735. The Morgan fingerprint density at radius 1 is 1.20 bits per heavy atom. The van der Waals surface area contributed by atoms with Crippen LogP contribution in [-0.2, 0) is 4.57 Å². The van der Waals surface area contributed by atoms with Gasteiger partial charge in [0, 0.05) is 13.1 Å². The number of aromatic nitrogens is 2. The number of piperidine rings is 1. The van der Waals surface area contributed by atoms with Gasteiger partial charge in [0.2, 0.25) is 0 Å². The Balaban J connectivity index is 1.92. The van der Waals surface area contributed by atoms with E-state index in [1.807, 2.05) is 18.2 Å². The maximum Gasteiger partial charge on any atom is 0.325 e. The summed E-state index contributed by atoms with van der Waals surface area (Å²) < 4.78 is 21.9. The fourth-order valence-corrected chi connectivity index (χ4v) is 4.30. The summed E-state index contributed by atoms with van der Waals surface area (Å²) in [5, 5.41) is 0.819. The van der Waals surface area contributed by atoms with Crippen LogP contribution in [0.25, 0.3) is 10.9 Å². The van der Waals surface area contributed by atoms with Crippen molar-refractivity contribution in [3.63, 3.8) is 0 Å². The van der Waals surface area contributed by atoms with Crippen molar-refractivity contribution in [2.75, 3.05) is 38.4 Å². The first-order valence-electron chi connectivity index (χ1n) is 8.09. The second-order valence-electron chi connectivity index (χ2n) is 6.17. The number of benzene rings is 1. The Morgan fingerprint density at radius 3 is 2.52 bits per heavy atom. The Bertz CT molecular complexity index is 802. The van der Waals surface area contributed by atoms with Crippen LogP contribution < -0.4 is 14.4 Å². The molecular formula is C16H22N3O5P. The smallest absolute Gasteiger partial charge is 0.325 e. The Hall–Kier alpha value is -1.89. The van der Waals surface area contributed by atoms with E-state index in [0.29, 0.717) is 31.7 Å². The lowest BCUT2D eigenvalue weighted by atomic mass is 9.98. The van der Waals surface area contributed by atoms with E-state index in [9.17, 15) is 14.4 Å². The largest absolute Gasteiger partial charge is 0.496 e. The molecule has 0 spiro atoms. The molecule has 1 aromatic carbocycles. The summed E-state index contributed by atoms with van der Waals surface area (Å²) in [6.45, 7) is 1.33. The number of rotatable bonds is 5. The number of anilines is 1.